The third-order valence-corrected chi connectivity index (χ3v) is 2.85. The van der Waals surface area contributed by atoms with Crippen molar-refractivity contribution in [3.05, 3.63) is 17.5 Å². The van der Waals surface area contributed by atoms with E-state index in [2.05, 4.69) is 25.8 Å². The molecule has 120 valence electrons. The maximum atomic E-state index is 12.1. The molecule has 0 saturated heterocycles. The van der Waals surface area contributed by atoms with Crippen molar-refractivity contribution >= 4 is 5.96 Å². The van der Waals surface area contributed by atoms with Crippen LogP contribution in [0.2, 0.25) is 0 Å². The average molecular weight is 305 g/mol. The lowest BCUT2D eigenvalue weighted by atomic mass is 10.1. The van der Waals surface area contributed by atoms with Crippen LogP contribution >= 0.6 is 0 Å². The van der Waals surface area contributed by atoms with Gasteiger partial charge in [0, 0.05) is 25.3 Å². The van der Waals surface area contributed by atoms with Crippen LogP contribution < -0.4 is 10.6 Å². The predicted molar refractivity (Wildman–Crippen MR) is 76.3 cm³/mol. The Labute approximate surface area is 122 Å². The Morgan fingerprint density at radius 3 is 2.71 bits per heavy atom. The highest BCUT2D eigenvalue weighted by Crippen LogP contribution is 2.18. The van der Waals surface area contributed by atoms with Gasteiger partial charge in [0.2, 0.25) is 0 Å². The zero-order valence-electron chi connectivity index (χ0n) is 12.3. The van der Waals surface area contributed by atoms with E-state index in [0.29, 0.717) is 19.0 Å². The minimum absolute atomic E-state index is 0.170. The molecule has 0 saturated carbocycles. The van der Waals surface area contributed by atoms with E-state index in [9.17, 15) is 13.2 Å². The summed E-state index contributed by atoms with van der Waals surface area (Å²) >= 11 is 0. The topological polar surface area (TPSA) is 65.1 Å². The first-order valence-electron chi connectivity index (χ1n) is 7.00. The number of hydrogen-bond donors (Lipinski definition) is 3. The first-order valence-corrected chi connectivity index (χ1v) is 7.00. The fourth-order valence-corrected chi connectivity index (χ4v) is 1.75. The van der Waals surface area contributed by atoms with Gasteiger partial charge in [-0.3, -0.25) is 10.1 Å². The molecule has 0 atom stereocenters. The maximum Gasteiger partial charge on any atom is 0.390 e. The zero-order chi connectivity index (χ0) is 15.7. The fourth-order valence-electron chi connectivity index (χ4n) is 1.75. The molecule has 1 heterocycles. The summed E-state index contributed by atoms with van der Waals surface area (Å²) in [5.74, 6) is 0.422. The van der Waals surface area contributed by atoms with E-state index in [-0.39, 0.29) is 6.54 Å². The number of aromatic nitrogens is 2. The summed E-state index contributed by atoms with van der Waals surface area (Å²) in [6.45, 7) is 4.81. The number of aliphatic imine (C=N–C) groups is 1. The number of nitrogens with one attached hydrogen (secondary N) is 3. The predicted octanol–water partition coefficient (Wildman–Crippen LogP) is 2.16. The van der Waals surface area contributed by atoms with Gasteiger partial charge in [0.15, 0.2) is 5.96 Å². The van der Waals surface area contributed by atoms with Crippen LogP contribution in [0.3, 0.4) is 0 Å². The van der Waals surface area contributed by atoms with Gasteiger partial charge in [-0.1, -0.05) is 0 Å². The molecule has 0 radical (unpaired) electrons. The average Bonchev–Trinajstić information content (AvgIpc) is 2.79. The summed E-state index contributed by atoms with van der Waals surface area (Å²) in [7, 11) is 0. The quantitative estimate of drug-likeness (QED) is 0.411. The van der Waals surface area contributed by atoms with Crippen LogP contribution in [0.5, 0.6) is 0 Å². The molecule has 0 aromatic carbocycles. The SMILES string of the molecule is CCNC(=NCCCc1cn[nH]c1C)NCCC(F)(F)F. The van der Waals surface area contributed by atoms with Gasteiger partial charge in [0.25, 0.3) is 0 Å². The number of H-pyrrole nitrogens is 1. The summed E-state index contributed by atoms with van der Waals surface area (Å²) in [4.78, 5) is 4.26. The molecule has 0 unspecified atom stereocenters. The van der Waals surface area contributed by atoms with Crippen LogP contribution in [0.1, 0.15) is 31.0 Å². The third kappa shape index (κ3) is 7.57. The number of aryl methyl sites for hydroxylation is 2. The van der Waals surface area contributed by atoms with Crippen LogP contribution in [0, 0.1) is 6.92 Å². The molecule has 1 aromatic heterocycles. The molecule has 8 heteroatoms. The summed E-state index contributed by atoms with van der Waals surface area (Å²) in [6.07, 6.45) is -1.58. The number of halogens is 3. The maximum absolute atomic E-state index is 12.1. The summed E-state index contributed by atoms with van der Waals surface area (Å²) in [5, 5.41) is 12.4. The highest BCUT2D eigenvalue weighted by Gasteiger charge is 2.26. The lowest BCUT2D eigenvalue weighted by Crippen LogP contribution is -2.39. The molecular formula is C13H22F3N5. The van der Waals surface area contributed by atoms with E-state index < -0.39 is 12.6 Å². The van der Waals surface area contributed by atoms with Gasteiger partial charge in [0.05, 0.1) is 12.6 Å². The Hall–Kier alpha value is -1.73. The molecular weight excluding hydrogens is 283 g/mol. The van der Waals surface area contributed by atoms with E-state index in [0.717, 1.165) is 24.1 Å². The largest absolute Gasteiger partial charge is 0.390 e. The van der Waals surface area contributed by atoms with Crippen molar-refractivity contribution in [1.82, 2.24) is 20.8 Å². The highest BCUT2D eigenvalue weighted by molar-refractivity contribution is 5.79. The lowest BCUT2D eigenvalue weighted by Gasteiger charge is -2.12. The van der Waals surface area contributed by atoms with Crippen LogP contribution in [0.15, 0.2) is 11.2 Å². The van der Waals surface area contributed by atoms with Crippen molar-refractivity contribution in [3.8, 4) is 0 Å². The first-order chi connectivity index (χ1) is 9.92. The van der Waals surface area contributed by atoms with Crippen LogP contribution in [0.25, 0.3) is 0 Å². The number of hydrogen-bond acceptors (Lipinski definition) is 2. The Bertz CT molecular complexity index is 439. The molecule has 0 aliphatic heterocycles. The number of alkyl halides is 3. The van der Waals surface area contributed by atoms with Crippen molar-refractivity contribution in [2.45, 2.75) is 39.3 Å². The van der Waals surface area contributed by atoms with Gasteiger partial charge < -0.3 is 10.6 Å². The third-order valence-electron chi connectivity index (χ3n) is 2.85. The van der Waals surface area contributed by atoms with Crippen molar-refractivity contribution in [1.29, 1.82) is 0 Å². The second-order valence-electron chi connectivity index (χ2n) is 4.68. The Morgan fingerprint density at radius 2 is 2.14 bits per heavy atom. The summed E-state index contributed by atoms with van der Waals surface area (Å²) in [5.41, 5.74) is 2.18. The second-order valence-corrected chi connectivity index (χ2v) is 4.68. The smallest absolute Gasteiger partial charge is 0.357 e. The number of rotatable bonds is 7. The minimum atomic E-state index is -4.15. The van der Waals surface area contributed by atoms with Crippen molar-refractivity contribution in [2.75, 3.05) is 19.6 Å². The monoisotopic (exact) mass is 305 g/mol. The summed E-state index contributed by atoms with van der Waals surface area (Å²) < 4.78 is 36.3. The van der Waals surface area contributed by atoms with Gasteiger partial charge in [-0.25, -0.2) is 0 Å². The Kier molecular flexibility index (Phi) is 7.04. The van der Waals surface area contributed by atoms with E-state index >= 15 is 0 Å². The van der Waals surface area contributed by atoms with Gasteiger partial charge >= 0.3 is 6.18 Å². The molecule has 1 rings (SSSR count). The normalized spacial score (nSPS) is 12.5. The molecule has 0 fully saturated rings. The Morgan fingerprint density at radius 1 is 1.38 bits per heavy atom. The molecule has 5 nitrogen and oxygen atoms in total. The highest BCUT2D eigenvalue weighted by atomic mass is 19.4. The first kappa shape index (κ1) is 17.3. The summed E-state index contributed by atoms with van der Waals surface area (Å²) in [6, 6.07) is 0. The van der Waals surface area contributed by atoms with E-state index in [1.54, 1.807) is 6.20 Å². The van der Waals surface area contributed by atoms with Gasteiger partial charge in [-0.05, 0) is 32.3 Å². The molecule has 0 aliphatic rings. The van der Waals surface area contributed by atoms with E-state index in [1.807, 2.05) is 13.8 Å². The standard InChI is InChI=1S/C13H22F3N5/c1-3-17-12(19-8-6-13(14,15)16)18-7-4-5-11-9-20-21-10(11)2/h9H,3-8H2,1-2H3,(H,20,21)(H2,17,18,19). The van der Waals surface area contributed by atoms with Crippen LogP contribution in [-0.2, 0) is 6.42 Å². The second kappa shape index (κ2) is 8.53. The fraction of sp³-hybridized carbons (Fsp3) is 0.692. The molecule has 0 amide bonds. The van der Waals surface area contributed by atoms with Crippen LogP contribution in [-0.4, -0.2) is 42.0 Å². The Balaban J connectivity index is 2.32. The van der Waals surface area contributed by atoms with Gasteiger partial charge in [0.1, 0.15) is 0 Å². The van der Waals surface area contributed by atoms with E-state index in [4.69, 9.17) is 0 Å². The van der Waals surface area contributed by atoms with Crippen molar-refractivity contribution in [3.63, 3.8) is 0 Å². The lowest BCUT2D eigenvalue weighted by molar-refractivity contribution is -0.132. The molecule has 21 heavy (non-hydrogen) atoms. The minimum Gasteiger partial charge on any atom is -0.357 e. The molecule has 0 spiro atoms. The van der Waals surface area contributed by atoms with Gasteiger partial charge in [-0.2, -0.15) is 18.3 Å². The van der Waals surface area contributed by atoms with Crippen molar-refractivity contribution in [2.24, 2.45) is 4.99 Å². The number of nitrogens with zero attached hydrogens (tertiary/aromatic N) is 2. The van der Waals surface area contributed by atoms with Crippen LogP contribution in [0.4, 0.5) is 13.2 Å². The molecule has 0 bridgehead atoms. The van der Waals surface area contributed by atoms with E-state index in [1.165, 1.54) is 0 Å². The molecule has 0 aliphatic carbocycles. The zero-order valence-corrected chi connectivity index (χ0v) is 12.3. The molecule has 3 N–H and O–H groups in total. The number of guanidine groups is 1. The number of aromatic amines is 1. The molecule has 1 aromatic rings. The van der Waals surface area contributed by atoms with Gasteiger partial charge in [-0.15, -0.1) is 0 Å². The van der Waals surface area contributed by atoms with Crippen molar-refractivity contribution < 1.29 is 13.2 Å².